The molecular weight excluding hydrogens is 234 g/mol. The minimum absolute atomic E-state index is 0.0231. The van der Waals surface area contributed by atoms with E-state index in [4.69, 9.17) is 5.11 Å². The standard InChI is InChI=1S/C13H11NO2S/c15-8-3-6-11-4-1-2-5-12(11)10-14-7-9-17-13(14)16/h1-2,4-5,7,9,15H,8,10H2. The Bertz CT molecular complexity index is 616. The van der Waals surface area contributed by atoms with Crippen molar-refractivity contribution >= 4 is 11.3 Å². The second-order valence-corrected chi connectivity index (χ2v) is 4.27. The topological polar surface area (TPSA) is 42.2 Å². The van der Waals surface area contributed by atoms with Crippen LogP contribution in [-0.4, -0.2) is 16.3 Å². The highest BCUT2D eigenvalue weighted by atomic mass is 32.1. The molecule has 0 atom stereocenters. The van der Waals surface area contributed by atoms with Crippen molar-refractivity contribution in [2.45, 2.75) is 6.54 Å². The van der Waals surface area contributed by atoms with Gasteiger partial charge in [0.2, 0.25) is 0 Å². The summed E-state index contributed by atoms with van der Waals surface area (Å²) in [5.41, 5.74) is 1.83. The molecule has 4 heteroatoms. The van der Waals surface area contributed by atoms with Crippen molar-refractivity contribution in [2.24, 2.45) is 0 Å². The molecule has 0 amide bonds. The summed E-state index contributed by atoms with van der Waals surface area (Å²) in [6.45, 7) is 0.353. The first kappa shape index (κ1) is 11.6. The van der Waals surface area contributed by atoms with Crippen molar-refractivity contribution in [1.82, 2.24) is 4.57 Å². The van der Waals surface area contributed by atoms with Crippen LogP contribution in [0.4, 0.5) is 0 Å². The Morgan fingerprint density at radius 1 is 1.35 bits per heavy atom. The summed E-state index contributed by atoms with van der Waals surface area (Å²) >= 11 is 1.18. The summed E-state index contributed by atoms with van der Waals surface area (Å²) in [6, 6.07) is 7.62. The number of hydrogen-bond acceptors (Lipinski definition) is 3. The lowest BCUT2D eigenvalue weighted by Crippen LogP contribution is -2.13. The molecule has 86 valence electrons. The van der Waals surface area contributed by atoms with E-state index in [0.717, 1.165) is 11.1 Å². The Kier molecular flexibility index (Phi) is 3.76. The van der Waals surface area contributed by atoms with Gasteiger partial charge in [-0.1, -0.05) is 41.4 Å². The van der Waals surface area contributed by atoms with Crippen LogP contribution in [-0.2, 0) is 6.54 Å². The van der Waals surface area contributed by atoms with Crippen LogP contribution in [0.25, 0.3) is 0 Å². The Hall–Kier alpha value is -1.83. The summed E-state index contributed by atoms with van der Waals surface area (Å²) in [5.74, 6) is 5.50. The molecule has 2 rings (SSSR count). The lowest BCUT2D eigenvalue weighted by molar-refractivity contribution is 0.350. The zero-order chi connectivity index (χ0) is 12.1. The number of benzene rings is 1. The van der Waals surface area contributed by atoms with E-state index in [0.29, 0.717) is 6.54 Å². The van der Waals surface area contributed by atoms with Gasteiger partial charge in [-0.15, -0.1) is 0 Å². The van der Waals surface area contributed by atoms with Crippen molar-refractivity contribution in [3.63, 3.8) is 0 Å². The molecule has 17 heavy (non-hydrogen) atoms. The molecule has 0 saturated carbocycles. The first-order chi connectivity index (χ1) is 8.31. The molecular formula is C13H11NO2S. The van der Waals surface area contributed by atoms with E-state index in [1.165, 1.54) is 11.3 Å². The molecule has 0 aliphatic heterocycles. The average Bonchev–Trinajstić information content (AvgIpc) is 2.74. The molecule has 0 fully saturated rings. The van der Waals surface area contributed by atoms with Gasteiger partial charge in [-0.05, 0) is 11.6 Å². The highest BCUT2D eigenvalue weighted by Gasteiger charge is 2.02. The van der Waals surface area contributed by atoms with Crippen LogP contribution in [0, 0.1) is 11.8 Å². The molecule has 0 spiro atoms. The molecule has 0 radical (unpaired) electrons. The van der Waals surface area contributed by atoms with Crippen molar-refractivity contribution in [3.05, 3.63) is 56.6 Å². The molecule has 3 nitrogen and oxygen atoms in total. The molecule has 2 aromatic rings. The van der Waals surface area contributed by atoms with Gasteiger partial charge in [0, 0.05) is 17.1 Å². The highest BCUT2D eigenvalue weighted by molar-refractivity contribution is 7.07. The second-order valence-electron chi connectivity index (χ2n) is 3.41. The molecule has 0 aliphatic carbocycles. The zero-order valence-corrected chi connectivity index (χ0v) is 9.91. The number of thiazole rings is 1. The normalized spacial score (nSPS) is 9.71. The minimum Gasteiger partial charge on any atom is -0.384 e. The van der Waals surface area contributed by atoms with E-state index in [1.54, 1.807) is 16.1 Å². The predicted molar refractivity (Wildman–Crippen MR) is 68.1 cm³/mol. The number of aromatic nitrogens is 1. The molecule has 0 saturated heterocycles. The van der Waals surface area contributed by atoms with Crippen LogP contribution in [0.1, 0.15) is 11.1 Å². The third-order valence-electron chi connectivity index (χ3n) is 2.30. The predicted octanol–water partition coefficient (Wildman–Crippen LogP) is 1.30. The number of aliphatic hydroxyl groups is 1. The van der Waals surface area contributed by atoms with Crippen molar-refractivity contribution < 1.29 is 5.11 Å². The van der Waals surface area contributed by atoms with Gasteiger partial charge >= 0.3 is 4.87 Å². The molecule has 0 unspecified atom stereocenters. The maximum absolute atomic E-state index is 11.5. The molecule has 1 aromatic carbocycles. The first-order valence-electron chi connectivity index (χ1n) is 5.13. The van der Waals surface area contributed by atoms with Gasteiger partial charge in [0.1, 0.15) is 6.61 Å². The van der Waals surface area contributed by atoms with Gasteiger partial charge in [-0.25, -0.2) is 0 Å². The van der Waals surface area contributed by atoms with Gasteiger partial charge in [0.25, 0.3) is 0 Å². The Morgan fingerprint density at radius 2 is 2.18 bits per heavy atom. The van der Waals surface area contributed by atoms with Crippen LogP contribution < -0.4 is 4.87 Å². The van der Waals surface area contributed by atoms with Crippen LogP contribution in [0.2, 0.25) is 0 Å². The Labute approximate surface area is 103 Å². The van der Waals surface area contributed by atoms with E-state index in [-0.39, 0.29) is 11.5 Å². The monoisotopic (exact) mass is 245 g/mol. The molecule has 1 N–H and O–H groups in total. The smallest absolute Gasteiger partial charge is 0.307 e. The van der Waals surface area contributed by atoms with Gasteiger partial charge < -0.3 is 9.67 Å². The van der Waals surface area contributed by atoms with E-state index in [9.17, 15) is 4.79 Å². The maximum atomic E-state index is 11.5. The summed E-state index contributed by atoms with van der Waals surface area (Å²) in [7, 11) is 0. The van der Waals surface area contributed by atoms with Crippen LogP contribution in [0.3, 0.4) is 0 Å². The molecule has 0 bridgehead atoms. The Morgan fingerprint density at radius 3 is 2.88 bits per heavy atom. The first-order valence-corrected chi connectivity index (χ1v) is 6.01. The van der Waals surface area contributed by atoms with Crippen molar-refractivity contribution in [2.75, 3.05) is 6.61 Å². The SMILES string of the molecule is O=c1sccn1Cc1ccccc1C#CCO. The fraction of sp³-hybridized carbons (Fsp3) is 0.154. The molecule has 0 aliphatic rings. The third kappa shape index (κ3) is 2.84. The number of hydrogen-bond donors (Lipinski definition) is 1. The number of rotatable bonds is 2. The van der Waals surface area contributed by atoms with Crippen molar-refractivity contribution in [1.29, 1.82) is 0 Å². The van der Waals surface area contributed by atoms with Gasteiger partial charge in [0.05, 0.1) is 6.54 Å². The zero-order valence-electron chi connectivity index (χ0n) is 9.09. The fourth-order valence-electron chi connectivity index (χ4n) is 1.51. The largest absolute Gasteiger partial charge is 0.384 e. The summed E-state index contributed by atoms with van der Waals surface area (Å²) in [5, 5.41) is 10.5. The number of nitrogens with zero attached hydrogens (tertiary/aromatic N) is 1. The van der Waals surface area contributed by atoms with Crippen LogP contribution >= 0.6 is 11.3 Å². The van der Waals surface area contributed by atoms with E-state index < -0.39 is 0 Å². The van der Waals surface area contributed by atoms with Crippen molar-refractivity contribution in [3.8, 4) is 11.8 Å². The Balaban J connectivity index is 2.33. The van der Waals surface area contributed by atoms with Gasteiger partial charge in [-0.2, -0.15) is 0 Å². The summed E-state index contributed by atoms with van der Waals surface area (Å²) in [6.07, 6.45) is 1.77. The van der Waals surface area contributed by atoms with Gasteiger partial charge in [-0.3, -0.25) is 4.79 Å². The molecule has 1 heterocycles. The number of aliphatic hydroxyl groups excluding tert-OH is 1. The van der Waals surface area contributed by atoms with E-state index in [2.05, 4.69) is 11.8 Å². The van der Waals surface area contributed by atoms with Gasteiger partial charge in [0.15, 0.2) is 0 Å². The average molecular weight is 245 g/mol. The second kappa shape index (κ2) is 5.48. The quantitative estimate of drug-likeness (QED) is 0.810. The maximum Gasteiger partial charge on any atom is 0.307 e. The fourth-order valence-corrected chi connectivity index (χ4v) is 2.09. The lowest BCUT2D eigenvalue weighted by Gasteiger charge is -2.04. The van der Waals surface area contributed by atoms with E-state index >= 15 is 0 Å². The highest BCUT2D eigenvalue weighted by Crippen LogP contribution is 2.09. The lowest BCUT2D eigenvalue weighted by atomic mass is 10.1. The third-order valence-corrected chi connectivity index (χ3v) is 3.00. The molecule has 1 aromatic heterocycles. The summed E-state index contributed by atoms with van der Waals surface area (Å²) < 4.78 is 1.64. The minimum atomic E-state index is -0.160. The van der Waals surface area contributed by atoms with Crippen LogP contribution in [0.15, 0.2) is 40.6 Å². The van der Waals surface area contributed by atoms with Crippen LogP contribution in [0.5, 0.6) is 0 Å². The van der Waals surface area contributed by atoms with E-state index in [1.807, 2.05) is 24.3 Å². The summed E-state index contributed by atoms with van der Waals surface area (Å²) in [4.78, 5) is 11.5.